The second-order valence-electron chi connectivity index (χ2n) is 5.92. The Bertz CT molecular complexity index is 379. The first-order valence-electron chi connectivity index (χ1n) is 5.83. The van der Waals surface area contributed by atoms with Crippen molar-refractivity contribution in [1.82, 2.24) is 4.72 Å². The minimum atomic E-state index is -3.32. The molecule has 2 N–H and O–H groups in total. The van der Waals surface area contributed by atoms with E-state index in [0.717, 1.165) is 0 Å². The third-order valence-electron chi connectivity index (χ3n) is 2.57. The van der Waals surface area contributed by atoms with Gasteiger partial charge in [0.05, 0.1) is 11.7 Å². The Morgan fingerprint density at radius 3 is 2.29 bits per heavy atom. The Morgan fingerprint density at radius 2 is 1.94 bits per heavy atom. The van der Waals surface area contributed by atoms with Crippen LogP contribution in [0.1, 0.15) is 46.5 Å². The number of carboxylic acid groups (broad SMARTS) is 1. The van der Waals surface area contributed by atoms with Gasteiger partial charge in [-0.3, -0.25) is 4.79 Å². The number of sulfonamides is 1. The Labute approximate surface area is 103 Å². The fourth-order valence-corrected chi connectivity index (χ4v) is 3.39. The van der Waals surface area contributed by atoms with Crippen LogP contribution in [-0.2, 0) is 14.8 Å². The molecule has 1 saturated carbocycles. The molecular weight excluding hydrogens is 242 g/mol. The number of carboxylic acids is 1. The molecule has 6 heteroatoms. The summed E-state index contributed by atoms with van der Waals surface area (Å²) in [5.74, 6) is -0.974. The molecule has 100 valence electrons. The normalized spacial score (nSPS) is 19.0. The summed E-state index contributed by atoms with van der Waals surface area (Å²) in [6.45, 7) is 5.90. The SMILES string of the molecule is CC(C)(C)CC(CC(=O)O)NS(=O)(=O)C1CC1. The van der Waals surface area contributed by atoms with Crippen LogP contribution in [0.15, 0.2) is 0 Å². The van der Waals surface area contributed by atoms with E-state index in [1.54, 1.807) is 0 Å². The zero-order chi connectivity index (χ0) is 13.3. The predicted octanol–water partition coefficient (Wildman–Crippen LogP) is 1.35. The van der Waals surface area contributed by atoms with Crippen LogP contribution in [0, 0.1) is 5.41 Å². The first kappa shape index (κ1) is 14.4. The van der Waals surface area contributed by atoms with Crippen molar-refractivity contribution in [1.29, 1.82) is 0 Å². The van der Waals surface area contributed by atoms with Crippen LogP contribution in [0.4, 0.5) is 0 Å². The topological polar surface area (TPSA) is 83.5 Å². The van der Waals surface area contributed by atoms with Gasteiger partial charge in [-0.25, -0.2) is 13.1 Å². The van der Waals surface area contributed by atoms with Gasteiger partial charge < -0.3 is 5.11 Å². The highest BCUT2D eigenvalue weighted by Gasteiger charge is 2.37. The van der Waals surface area contributed by atoms with Gasteiger partial charge in [-0.15, -0.1) is 0 Å². The summed E-state index contributed by atoms with van der Waals surface area (Å²) in [6.07, 6.45) is 1.73. The number of aliphatic carboxylic acids is 1. The van der Waals surface area contributed by atoms with Crippen molar-refractivity contribution in [3.63, 3.8) is 0 Å². The van der Waals surface area contributed by atoms with E-state index < -0.39 is 22.0 Å². The van der Waals surface area contributed by atoms with Crippen molar-refractivity contribution < 1.29 is 18.3 Å². The lowest BCUT2D eigenvalue weighted by atomic mass is 9.87. The van der Waals surface area contributed by atoms with Crippen LogP contribution in [0.2, 0.25) is 0 Å². The van der Waals surface area contributed by atoms with Crippen molar-refractivity contribution in [2.75, 3.05) is 0 Å². The van der Waals surface area contributed by atoms with Gasteiger partial charge in [0.15, 0.2) is 0 Å². The Morgan fingerprint density at radius 1 is 1.41 bits per heavy atom. The van der Waals surface area contributed by atoms with Crippen LogP contribution in [0.5, 0.6) is 0 Å². The summed E-state index contributed by atoms with van der Waals surface area (Å²) < 4.78 is 26.1. The molecule has 0 bridgehead atoms. The number of nitrogens with one attached hydrogen (secondary N) is 1. The minimum absolute atomic E-state index is 0.105. The third kappa shape index (κ3) is 5.50. The van der Waals surface area contributed by atoms with Gasteiger partial charge in [0.25, 0.3) is 0 Å². The monoisotopic (exact) mass is 263 g/mol. The smallest absolute Gasteiger partial charge is 0.304 e. The van der Waals surface area contributed by atoms with Crippen LogP contribution in [-0.4, -0.2) is 30.8 Å². The van der Waals surface area contributed by atoms with Gasteiger partial charge in [-0.1, -0.05) is 20.8 Å². The van der Waals surface area contributed by atoms with E-state index in [-0.39, 0.29) is 17.1 Å². The summed E-state index contributed by atoms with van der Waals surface area (Å²) in [4.78, 5) is 10.7. The molecule has 1 fully saturated rings. The Kier molecular flexibility index (Phi) is 4.19. The maximum Gasteiger partial charge on any atom is 0.304 e. The molecule has 1 atom stereocenters. The number of carbonyl (C=O) groups is 1. The van der Waals surface area contributed by atoms with Gasteiger partial charge >= 0.3 is 5.97 Å². The van der Waals surface area contributed by atoms with Crippen molar-refractivity contribution >= 4 is 16.0 Å². The zero-order valence-electron chi connectivity index (χ0n) is 10.6. The predicted molar refractivity (Wildman–Crippen MR) is 65.2 cm³/mol. The van der Waals surface area contributed by atoms with E-state index in [9.17, 15) is 13.2 Å². The zero-order valence-corrected chi connectivity index (χ0v) is 11.4. The second-order valence-corrected chi connectivity index (χ2v) is 7.91. The Balaban J connectivity index is 2.66. The largest absolute Gasteiger partial charge is 0.481 e. The van der Waals surface area contributed by atoms with Gasteiger partial charge in [-0.2, -0.15) is 0 Å². The van der Waals surface area contributed by atoms with Gasteiger partial charge in [0, 0.05) is 6.04 Å². The number of hydrogen-bond acceptors (Lipinski definition) is 3. The fourth-order valence-electron chi connectivity index (χ4n) is 1.81. The molecule has 0 aliphatic heterocycles. The molecule has 0 saturated heterocycles. The first-order chi connectivity index (χ1) is 7.60. The van der Waals surface area contributed by atoms with E-state index in [4.69, 9.17) is 5.11 Å². The molecule has 17 heavy (non-hydrogen) atoms. The number of hydrogen-bond donors (Lipinski definition) is 2. The summed E-state index contributed by atoms with van der Waals surface area (Å²) in [7, 11) is -3.32. The highest BCUT2D eigenvalue weighted by Crippen LogP contribution is 2.29. The lowest BCUT2D eigenvalue weighted by molar-refractivity contribution is -0.137. The van der Waals surface area contributed by atoms with Crippen LogP contribution in [0.25, 0.3) is 0 Å². The molecule has 0 amide bonds. The lowest BCUT2D eigenvalue weighted by Crippen LogP contribution is -2.40. The molecular formula is C11H21NO4S. The molecule has 1 unspecified atom stereocenters. The molecule has 0 aromatic rings. The summed E-state index contributed by atoms with van der Waals surface area (Å²) in [5.41, 5.74) is -0.105. The molecule has 1 aliphatic rings. The van der Waals surface area contributed by atoms with E-state index >= 15 is 0 Å². The summed E-state index contributed by atoms with van der Waals surface area (Å²) >= 11 is 0. The lowest BCUT2D eigenvalue weighted by Gasteiger charge is -2.25. The molecule has 0 radical (unpaired) electrons. The van der Waals surface area contributed by atoms with Gasteiger partial charge in [0.2, 0.25) is 10.0 Å². The average molecular weight is 263 g/mol. The van der Waals surface area contributed by atoms with E-state index in [2.05, 4.69) is 4.72 Å². The number of rotatable bonds is 6. The maximum atomic E-state index is 11.8. The van der Waals surface area contributed by atoms with Crippen molar-refractivity contribution in [2.45, 2.75) is 57.7 Å². The van der Waals surface area contributed by atoms with E-state index in [0.29, 0.717) is 19.3 Å². The molecule has 0 heterocycles. The first-order valence-corrected chi connectivity index (χ1v) is 7.38. The highest BCUT2D eigenvalue weighted by molar-refractivity contribution is 7.90. The molecule has 0 spiro atoms. The molecule has 1 aliphatic carbocycles. The summed E-state index contributed by atoms with van der Waals surface area (Å²) in [6, 6.07) is -0.516. The van der Waals surface area contributed by atoms with E-state index in [1.165, 1.54) is 0 Å². The quantitative estimate of drug-likeness (QED) is 0.757. The maximum absolute atomic E-state index is 11.8. The third-order valence-corrected chi connectivity index (χ3v) is 4.58. The fraction of sp³-hybridized carbons (Fsp3) is 0.909. The van der Waals surface area contributed by atoms with Crippen molar-refractivity contribution in [3.8, 4) is 0 Å². The highest BCUT2D eigenvalue weighted by atomic mass is 32.2. The van der Waals surface area contributed by atoms with Crippen LogP contribution < -0.4 is 4.72 Å². The average Bonchev–Trinajstić information content (AvgIpc) is 2.77. The minimum Gasteiger partial charge on any atom is -0.481 e. The van der Waals surface area contributed by atoms with Gasteiger partial charge in [-0.05, 0) is 24.7 Å². The van der Waals surface area contributed by atoms with Crippen molar-refractivity contribution in [2.24, 2.45) is 5.41 Å². The van der Waals surface area contributed by atoms with E-state index in [1.807, 2.05) is 20.8 Å². The van der Waals surface area contributed by atoms with Crippen molar-refractivity contribution in [3.05, 3.63) is 0 Å². The standard InChI is InChI=1S/C11H21NO4S/c1-11(2,3)7-8(6-10(13)14)12-17(15,16)9-4-5-9/h8-9,12H,4-7H2,1-3H3,(H,13,14). The van der Waals surface area contributed by atoms with Crippen LogP contribution >= 0.6 is 0 Å². The second kappa shape index (κ2) is 4.94. The van der Waals surface area contributed by atoms with Crippen LogP contribution in [0.3, 0.4) is 0 Å². The molecule has 5 nitrogen and oxygen atoms in total. The van der Waals surface area contributed by atoms with Gasteiger partial charge in [0.1, 0.15) is 0 Å². The summed E-state index contributed by atoms with van der Waals surface area (Å²) in [5, 5.41) is 8.49. The Hall–Kier alpha value is -0.620. The molecule has 0 aromatic heterocycles. The molecule has 1 rings (SSSR count). The molecule has 0 aromatic carbocycles.